The fourth-order valence-electron chi connectivity index (χ4n) is 5.76. The highest BCUT2D eigenvalue weighted by Crippen LogP contribution is 2.48. The lowest BCUT2D eigenvalue weighted by molar-refractivity contribution is -0.00103. The number of carbonyl (C=O) groups excluding carboxylic acids is 1. The van der Waals surface area contributed by atoms with Crippen molar-refractivity contribution in [1.29, 1.82) is 0 Å². The van der Waals surface area contributed by atoms with Gasteiger partial charge in [0.1, 0.15) is 6.23 Å². The van der Waals surface area contributed by atoms with Crippen LogP contribution in [0, 0.1) is 0 Å². The van der Waals surface area contributed by atoms with E-state index in [1.807, 2.05) is 42.5 Å². The maximum absolute atomic E-state index is 13.9. The Morgan fingerprint density at radius 2 is 1.72 bits per heavy atom. The minimum Gasteiger partial charge on any atom is -0.391 e. The Hall–Kier alpha value is -2.41. The highest BCUT2D eigenvalue weighted by atomic mass is 35.5. The van der Waals surface area contributed by atoms with E-state index in [1.54, 1.807) is 23.1 Å². The molecule has 188 valence electrons. The van der Waals surface area contributed by atoms with Crippen molar-refractivity contribution in [3.63, 3.8) is 0 Å². The van der Waals surface area contributed by atoms with Crippen molar-refractivity contribution in [2.45, 2.75) is 56.0 Å². The molecule has 7 heteroatoms. The summed E-state index contributed by atoms with van der Waals surface area (Å²) in [6.07, 6.45) is 1.34. The summed E-state index contributed by atoms with van der Waals surface area (Å²) in [6.45, 7) is 0.560. The third kappa shape index (κ3) is 4.91. The molecule has 3 aromatic carbocycles. The van der Waals surface area contributed by atoms with Gasteiger partial charge in [-0.1, -0.05) is 77.8 Å². The maximum Gasteiger partial charge on any atom is 0.255 e. The number of fused-ring (bicyclic) bond motifs is 1. The molecule has 1 saturated carbocycles. The number of benzene rings is 3. The topological polar surface area (TPSA) is 72.8 Å². The van der Waals surface area contributed by atoms with E-state index in [2.05, 4.69) is 17.4 Å². The lowest BCUT2D eigenvalue weighted by Crippen LogP contribution is -2.54. The summed E-state index contributed by atoms with van der Waals surface area (Å²) >= 11 is 12.9. The molecule has 5 nitrogen and oxygen atoms in total. The molecule has 36 heavy (non-hydrogen) atoms. The number of rotatable bonds is 7. The predicted octanol–water partition coefficient (Wildman–Crippen LogP) is 5.34. The molecular formula is C29H30Cl2N2O3. The standard InChI is InChI=1S/C29H30Cl2N2O3/c30-19-13-14-22(23(31)17-19)27-26(28(35)32-16-15-18-7-2-1-3-8-18)20-9-4-5-10-21(20)29(36)33(27)24-11-6-12-25(24)34/h1-5,7-10,13-14,17,24-28,32,34-35H,6,11-12,15-16H2. The summed E-state index contributed by atoms with van der Waals surface area (Å²) in [6, 6.07) is 21.8. The Morgan fingerprint density at radius 1 is 0.972 bits per heavy atom. The summed E-state index contributed by atoms with van der Waals surface area (Å²) in [4.78, 5) is 15.7. The van der Waals surface area contributed by atoms with Gasteiger partial charge in [0, 0.05) is 28.1 Å². The SMILES string of the molecule is O=C1c2ccccc2C(C(O)NCCc2ccccc2)C(c2ccc(Cl)cc2Cl)N1C1CCCC1O. The van der Waals surface area contributed by atoms with Crippen molar-refractivity contribution in [2.24, 2.45) is 0 Å². The zero-order chi connectivity index (χ0) is 25.2. The molecule has 0 bridgehead atoms. The molecule has 3 aromatic rings. The van der Waals surface area contributed by atoms with E-state index in [4.69, 9.17) is 23.2 Å². The van der Waals surface area contributed by atoms with Gasteiger partial charge in [0.15, 0.2) is 0 Å². The first-order valence-corrected chi connectivity index (χ1v) is 13.2. The van der Waals surface area contributed by atoms with E-state index in [-0.39, 0.29) is 11.9 Å². The molecule has 5 unspecified atom stereocenters. The van der Waals surface area contributed by atoms with Crippen LogP contribution in [0.2, 0.25) is 10.0 Å². The van der Waals surface area contributed by atoms with Crippen molar-refractivity contribution in [2.75, 3.05) is 6.54 Å². The molecule has 0 radical (unpaired) electrons. The smallest absolute Gasteiger partial charge is 0.255 e. The molecule has 1 heterocycles. The van der Waals surface area contributed by atoms with Crippen molar-refractivity contribution in [3.05, 3.63) is 105 Å². The molecule has 5 rings (SSSR count). The summed E-state index contributed by atoms with van der Waals surface area (Å²) in [5.74, 6) is -0.651. The Bertz CT molecular complexity index is 1220. The van der Waals surface area contributed by atoms with Crippen LogP contribution in [-0.2, 0) is 6.42 Å². The number of aliphatic hydroxyl groups excluding tert-OH is 2. The van der Waals surface area contributed by atoms with Gasteiger partial charge in [-0.25, -0.2) is 0 Å². The molecule has 1 aliphatic heterocycles. The number of carbonyl (C=O) groups is 1. The fraction of sp³-hybridized carbons (Fsp3) is 0.345. The summed E-state index contributed by atoms with van der Waals surface area (Å²) in [5.41, 5.74) is 3.19. The third-order valence-corrected chi connectivity index (χ3v) is 8.02. The van der Waals surface area contributed by atoms with E-state index >= 15 is 0 Å². The van der Waals surface area contributed by atoms with E-state index in [1.165, 1.54) is 5.56 Å². The zero-order valence-corrected chi connectivity index (χ0v) is 21.4. The number of nitrogens with one attached hydrogen (secondary N) is 1. The monoisotopic (exact) mass is 524 g/mol. The van der Waals surface area contributed by atoms with E-state index < -0.39 is 24.3 Å². The molecule has 2 aliphatic rings. The summed E-state index contributed by atoms with van der Waals surface area (Å²) in [7, 11) is 0. The van der Waals surface area contributed by atoms with Gasteiger partial charge >= 0.3 is 0 Å². The third-order valence-electron chi connectivity index (χ3n) is 7.46. The summed E-state index contributed by atoms with van der Waals surface area (Å²) < 4.78 is 0. The van der Waals surface area contributed by atoms with Crippen LogP contribution in [0.1, 0.15) is 58.3 Å². The maximum atomic E-state index is 13.9. The molecule has 0 saturated heterocycles. The number of aliphatic hydroxyl groups is 2. The first-order valence-electron chi connectivity index (χ1n) is 12.5. The van der Waals surface area contributed by atoms with Crippen LogP contribution >= 0.6 is 23.2 Å². The normalized spacial score (nSPS) is 24.6. The Kier molecular flexibility index (Phi) is 7.65. The van der Waals surface area contributed by atoms with Crippen molar-refractivity contribution in [3.8, 4) is 0 Å². The van der Waals surface area contributed by atoms with Crippen LogP contribution in [0.3, 0.4) is 0 Å². The number of hydrogen-bond donors (Lipinski definition) is 3. The van der Waals surface area contributed by atoms with Crippen LogP contribution in [-0.4, -0.2) is 45.9 Å². The highest BCUT2D eigenvalue weighted by Gasteiger charge is 2.49. The van der Waals surface area contributed by atoms with Gasteiger partial charge in [0.2, 0.25) is 0 Å². The summed E-state index contributed by atoms with van der Waals surface area (Å²) in [5, 5.41) is 26.7. The average Bonchev–Trinajstić information content (AvgIpc) is 3.30. The molecular weight excluding hydrogens is 495 g/mol. The van der Waals surface area contributed by atoms with Gasteiger partial charge in [-0.15, -0.1) is 0 Å². The minimum atomic E-state index is -0.958. The number of hydrogen-bond acceptors (Lipinski definition) is 4. The largest absolute Gasteiger partial charge is 0.391 e. The van der Waals surface area contributed by atoms with E-state index in [9.17, 15) is 15.0 Å². The first kappa shape index (κ1) is 25.2. The van der Waals surface area contributed by atoms with Crippen molar-refractivity contribution < 1.29 is 15.0 Å². The van der Waals surface area contributed by atoms with E-state index in [0.29, 0.717) is 40.6 Å². The van der Waals surface area contributed by atoms with Gasteiger partial charge in [0.05, 0.1) is 18.2 Å². The van der Waals surface area contributed by atoms with Gasteiger partial charge in [-0.2, -0.15) is 0 Å². The predicted molar refractivity (Wildman–Crippen MR) is 142 cm³/mol. The molecule has 0 aromatic heterocycles. The van der Waals surface area contributed by atoms with Crippen molar-refractivity contribution in [1.82, 2.24) is 10.2 Å². The number of nitrogens with zero attached hydrogens (tertiary/aromatic N) is 1. The quantitative estimate of drug-likeness (QED) is 0.365. The van der Waals surface area contributed by atoms with Gasteiger partial charge in [-0.3, -0.25) is 10.1 Å². The second-order valence-corrected chi connectivity index (χ2v) is 10.5. The molecule has 0 spiro atoms. The Labute approximate surface area is 221 Å². The van der Waals surface area contributed by atoms with Crippen LogP contribution in [0.15, 0.2) is 72.8 Å². The fourth-order valence-corrected chi connectivity index (χ4v) is 6.28. The van der Waals surface area contributed by atoms with Crippen LogP contribution in [0.5, 0.6) is 0 Å². The van der Waals surface area contributed by atoms with Gasteiger partial charge in [0.25, 0.3) is 5.91 Å². The Morgan fingerprint density at radius 3 is 2.44 bits per heavy atom. The lowest BCUT2D eigenvalue weighted by atomic mass is 9.77. The average molecular weight is 525 g/mol. The molecule has 1 aliphatic carbocycles. The van der Waals surface area contributed by atoms with Gasteiger partial charge < -0.3 is 15.1 Å². The minimum absolute atomic E-state index is 0.152. The number of amides is 1. The molecule has 1 fully saturated rings. The van der Waals surface area contributed by atoms with E-state index in [0.717, 1.165) is 18.4 Å². The lowest BCUT2D eigenvalue weighted by Gasteiger charge is -2.47. The van der Waals surface area contributed by atoms with Crippen LogP contribution in [0.4, 0.5) is 0 Å². The Balaban J connectivity index is 1.56. The highest BCUT2D eigenvalue weighted by molar-refractivity contribution is 6.35. The van der Waals surface area contributed by atoms with Crippen molar-refractivity contribution >= 4 is 29.1 Å². The second kappa shape index (κ2) is 10.9. The van der Waals surface area contributed by atoms with Crippen LogP contribution in [0.25, 0.3) is 0 Å². The molecule has 3 N–H and O–H groups in total. The first-order chi connectivity index (χ1) is 17.5. The second-order valence-electron chi connectivity index (χ2n) is 9.64. The zero-order valence-electron chi connectivity index (χ0n) is 19.9. The van der Waals surface area contributed by atoms with Gasteiger partial charge in [-0.05, 0) is 60.6 Å². The molecule has 1 amide bonds. The molecule has 5 atom stereocenters. The number of halogens is 2. The van der Waals surface area contributed by atoms with Crippen LogP contribution < -0.4 is 5.32 Å².